The van der Waals surface area contributed by atoms with Gasteiger partial charge >= 0.3 is 0 Å². The van der Waals surface area contributed by atoms with Crippen molar-refractivity contribution in [3.05, 3.63) is 34.1 Å². The Morgan fingerprint density at radius 2 is 2.00 bits per heavy atom. The summed E-state index contributed by atoms with van der Waals surface area (Å²) < 4.78 is 13.3. The predicted octanol–water partition coefficient (Wildman–Crippen LogP) is 3.23. The maximum absolute atomic E-state index is 13.3. The van der Waals surface area contributed by atoms with E-state index in [1.165, 1.54) is 0 Å². The summed E-state index contributed by atoms with van der Waals surface area (Å²) in [6.07, 6.45) is 0. The average molecular weight is 224 g/mol. The third-order valence-electron chi connectivity index (χ3n) is 1.77. The van der Waals surface area contributed by atoms with E-state index in [0.717, 1.165) is 0 Å². The molecule has 0 fully saturated rings. The van der Waals surface area contributed by atoms with Crippen LogP contribution in [0.25, 0.3) is 0 Å². The van der Waals surface area contributed by atoms with E-state index in [1.54, 1.807) is 26.0 Å². The molecule has 1 aromatic carbocycles. The molecule has 0 aliphatic carbocycles. The van der Waals surface area contributed by atoms with Crippen LogP contribution in [0.1, 0.15) is 24.1 Å². The molecule has 0 heterocycles. The molecular formula is C9H12Cl2FN. The van der Waals surface area contributed by atoms with E-state index < -0.39 is 0 Å². The lowest BCUT2D eigenvalue weighted by Crippen LogP contribution is -2.09. The van der Waals surface area contributed by atoms with Gasteiger partial charge in [0.1, 0.15) is 5.82 Å². The SMILES string of the molecule is Cc1ccc(Cl)c([C@@H](C)N)c1F.Cl. The number of nitrogens with two attached hydrogens (primary N) is 1. The first-order chi connectivity index (χ1) is 5.54. The van der Waals surface area contributed by atoms with E-state index in [1.807, 2.05) is 0 Å². The highest BCUT2D eigenvalue weighted by Crippen LogP contribution is 2.26. The highest BCUT2D eigenvalue weighted by Gasteiger charge is 2.12. The quantitative estimate of drug-likeness (QED) is 0.778. The second kappa shape index (κ2) is 4.80. The first kappa shape index (κ1) is 12.7. The number of rotatable bonds is 1. The Morgan fingerprint density at radius 3 is 2.38 bits per heavy atom. The van der Waals surface area contributed by atoms with Crippen molar-refractivity contribution in [2.75, 3.05) is 0 Å². The monoisotopic (exact) mass is 223 g/mol. The van der Waals surface area contributed by atoms with Gasteiger partial charge in [0.2, 0.25) is 0 Å². The van der Waals surface area contributed by atoms with Crippen molar-refractivity contribution in [1.82, 2.24) is 0 Å². The smallest absolute Gasteiger partial charge is 0.132 e. The highest BCUT2D eigenvalue weighted by molar-refractivity contribution is 6.31. The molecule has 1 rings (SSSR count). The maximum Gasteiger partial charge on any atom is 0.132 e. The van der Waals surface area contributed by atoms with Gasteiger partial charge in [0, 0.05) is 16.6 Å². The Balaban J connectivity index is 0.00000144. The van der Waals surface area contributed by atoms with Gasteiger partial charge in [-0.1, -0.05) is 17.7 Å². The van der Waals surface area contributed by atoms with Gasteiger partial charge in [-0.25, -0.2) is 4.39 Å². The standard InChI is InChI=1S/C9H11ClFN.ClH/c1-5-3-4-7(10)8(6(2)12)9(5)11;/h3-4,6H,12H2,1-2H3;1H/t6-;/m1./s1. The molecule has 4 heteroatoms. The molecule has 1 nitrogen and oxygen atoms in total. The van der Waals surface area contributed by atoms with Crippen LogP contribution in [0, 0.1) is 12.7 Å². The summed E-state index contributed by atoms with van der Waals surface area (Å²) in [6, 6.07) is 2.94. The van der Waals surface area contributed by atoms with Crippen LogP contribution in [0.4, 0.5) is 4.39 Å². The van der Waals surface area contributed by atoms with Crippen molar-refractivity contribution < 1.29 is 4.39 Å². The minimum absolute atomic E-state index is 0. The van der Waals surface area contributed by atoms with Crippen LogP contribution in [-0.4, -0.2) is 0 Å². The molecule has 2 N–H and O–H groups in total. The lowest BCUT2D eigenvalue weighted by molar-refractivity contribution is 0.585. The number of hydrogen-bond donors (Lipinski definition) is 1. The topological polar surface area (TPSA) is 26.0 Å². The van der Waals surface area contributed by atoms with E-state index in [4.69, 9.17) is 17.3 Å². The molecule has 0 aromatic heterocycles. The lowest BCUT2D eigenvalue weighted by atomic mass is 10.1. The summed E-state index contributed by atoms with van der Waals surface area (Å²) in [7, 11) is 0. The Morgan fingerprint density at radius 1 is 1.46 bits per heavy atom. The molecule has 0 saturated heterocycles. The summed E-state index contributed by atoms with van der Waals surface area (Å²) in [4.78, 5) is 0. The fourth-order valence-electron chi connectivity index (χ4n) is 1.10. The minimum atomic E-state index is -0.364. The van der Waals surface area contributed by atoms with Crippen LogP contribution in [0.2, 0.25) is 5.02 Å². The molecule has 0 bridgehead atoms. The molecule has 0 spiro atoms. The van der Waals surface area contributed by atoms with Gasteiger partial charge in [0.15, 0.2) is 0 Å². The highest BCUT2D eigenvalue weighted by atomic mass is 35.5. The van der Waals surface area contributed by atoms with Crippen LogP contribution in [0.5, 0.6) is 0 Å². The van der Waals surface area contributed by atoms with Crippen LogP contribution in [0.3, 0.4) is 0 Å². The third-order valence-corrected chi connectivity index (χ3v) is 2.10. The number of hydrogen-bond acceptors (Lipinski definition) is 1. The fraction of sp³-hybridized carbons (Fsp3) is 0.333. The molecule has 0 amide bonds. The molecule has 1 atom stereocenters. The van der Waals surface area contributed by atoms with Crippen LogP contribution in [0.15, 0.2) is 12.1 Å². The van der Waals surface area contributed by atoms with Gasteiger partial charge < -0.3 is 5.73 Å². The summed E-state index contributed by atoms with van der Waals surface area (Å²) in [5.74, 6) is -0.294. The number of halogens is 3. The van der Waals surface area contributed by atoms with E-state index in [2.05, 4.69) is 0 Å². The van der Waals surface area contributed by atoms with Gasteiger partial charge in [-0.3, -0.25) is 0 Å². The third kappa shape index (κ3) is 2.56. The second-order valence-electron chi connectivity index (χ2n) is 2.88. The zero-order chi connectivity index (χ0) is 9.30. The first-order valence-corrected chi connectivity index (χ1v) is 4.12. The zero-order valence-electron chi connectivity index (χ0n) is 7.47. The molecule has 74 valence electrons. The van der Waals surface area contributed by atoms with Crippen molar-refractivity contribution in [2.45, 2.75) is 19.9 Å². The van der Waals surface area contributed by atoms with Gasteiger partial charge in [-0.05, 0) is 25.5 Å². The van der Waals surface area contributed by atoms with Gasteiger partial charge in [-0.15, -0.1) is 12.4 Å². The van der Waals surface area contributed by atoms with Crippen molar-refractivity contribution >= 4 is 24.0 Å². The second-order valence-corrected chi connectivity index (χ2v) is 3.29. The number of aryl methyl sites for hydroxylation is 1. The van der Waals surface area contributed by atoms with E-state index in [9.17, 15) is 4.39 Å². The summed E-state index contributed by atoms with van der Waals surface area (Å²) >= 11 is 5.78. The van der Waals surface area contributed by atoms with Crippen LogP contribution in [-0.2, 0) is 0 Å². The molecule has 0 aliphatic heterocycles. The molecule has 0 unspecified atom stereocenters. The average Bonchev–Trinajstić information content (AvgIpc) is 1.97. The van der Waals surface area contributed by atoms with Crippen molar-refractivity contribution in [2.24, 2.45) is 5.73 Å². The van der Waals surface area contributed by atoms with Gasteiger partial charge in [0.05, 0.1) is 0 Å². The van der Waals surface area contributed by atoms with Gasteiger partial charge in [-0.2, -0.15) is 0 Å². The normalized spacial score (nSPS) is 12.1. The van der Waals surface area contributed by atoms with E-state index in [-0.39, 0.29) is 24.3 Å². The Labute approximate surface area is 88.5 Å². The summed E-state index contributed by atoms with van der Waals surface area (Å²) in [5.41, 5.74) is 6.54. The van der Waals surface area contributed by atoms with Crippen molar-refractivity contribution in [3.63, 3.8) is 0 Å². The summed E-state index contributed by atoms with van der Waals surface area (Å²) in [5, 5.41) is 0.396. The van der Waals surface area contributed by atoms with Crippen LogP contribution >= 0.6 is 24.0 Å². The molecular weight excluding hydrogens is 212 g/mol. The Kier molecular flexibility index (Phi) is 4.68. The van der Waals surface area contributed by atoms with E-state index in [0.29, 0.717) is 16.1 Å². The van der Waals surface area contributed by atoms with Crippen molar-refractivity contribution in [3.8, 4) is 0 Å². The fourth-order valence-corrected chi connectivity index (χ4v) is 1.41. The van der Waals surface area contributed by atoms with Crippen molar-refractivity contribution in [1.29, 1.82) is 0 Å². The van der Waals surface area contributed by atoms with Gasteiger partial charge in [0.25, 0.3) is 0 Å². The first-order valence-electron chi connectivity index (χ1n) is 3.74. The van der Waals surface area contributed by atoms with E-state index >= 15 is 0 Å². The molecule has 1 aromatic rings. The Hall–Kier alpha value is -0.310. The predicted molar refractivity (Wildman–Crippen MR) is 56.0 cm³/mol. The number of benzene rings is 1. The minimum Gasteiger partial charge on any atom is -0.324 e. The lowest BCUT2D eigenvalue weighted by Gasteiger charge is -2.10. The van der Waals surface area contributed by atoms with Crippen LogP contribution < -0.4 is 5.73 Å². The summed E-state index contributed by atoms with van der Waals surface area (Å²) in [6.45, 7) is 3.40. The Bertz CT molecular complexity index is 300. The zero-order valence-corrected chi connectivity index (χ0v) is 9.05. The maximum atomic E-state index is 13.3. The molecule has 13 heavy (non-hydrogen) atoms. The largest absolute Gasteiger partial charge is 0.324 e. The molecule has 0 saturated carbocycles. The molecule has 0 radical (unpaired) electrons. The molecule has 0 aliphatic rings.